The number of ether oxygens (including phenoxy) is 2. The third-order valence-electron chi connectivity index (χ3n) is 6.87. The molecular weight excluding hydrogens is 661 g/mol. The number of benzene rings is 3. The average Bonchev–Trinajstić information content (AvgIpc) is 2.97. The summed E-state index contributed by atoms with van der Waals surface area (Å²) >= 11 is 0. The molecule has 0 amide bonds. The normalized spacial score (nSPS) is 14.8. The van der Waals surface area contributed by atoms with E-state index in [0.717, 1.165) is 0 Å². The predicted octanol–water partition coefficient (Wildman–Crippen LogP) is 7.15. The minimum absolute atomic E-state index is 0.247. The van der Waals surface area contributed by atoms with E-state index in [1.807, 2.05) is 0 Å². The summed E-state index contributed by atoms with van der Waals surface area (Å²) in [5, 5.41) is 11.3. The molecule has 48 heavy (non-hydrogen) atoms. The summed E-state index contributed by atoms with van der Waals surface area (Å²) in [6.07, 6.45) is -12.0. The highest BCUT2D eigenvalue weighted by Gasteiger charge is 2.66. The van der Waals surface area contributed by atoms with Crippen LogP contribution in [0.3, 0.4) is 0 Å². The Morgan fingerprint density at radius 2 is 0.917 bits per heavy atom. The molecule has 0 heterocycles. The highest BCUT2D eigenvalue weighted by molar-refractivity contribution is 7.97. The number of allylic oxidation sites excluding steroid dienone is 1. The van der Waals surface area contributed by atoms with Gasteiger partial charge in [0.15, 0.2) is 5.66 Å². The van der Waals surface area contributed by atoms with Crippen LogP contribution >= 0.6 is 7.26 Å². The average molecular weight is 698 g/mol. The van der Waals surface area contributed by atoms with Gasteiger partial charge in [0.2, 0.25) is 5.76 Å². The van der Waals surface area contributed by atoms with Crippen molar-refractivity contribution >= 4 is 40.9 Å². The minimum Gasteiger partial charge on any atom is -0.504 e. The SMILES string of the molecule is CC(C)(C)OC(=O)C(/C(C(=O)C(F)(F)F)=C(\O)C(F)(F)F)C(C(=O)OC(C)(C)C)[P+](c1ccccc1)(c1ccccc1)c1ccccc1. The molecule has 2 unspecified atom stereocenters. The van der Waals surface area contributed by atoms with Crippen LogP contribution in [0.15, 0.2) is 102 Å². The molecule has 258 valence electrons. The number of halogens is 6. The molecule has 3 rings (SSSR count). The molecule has 0 radical (unpaired) electrons. The minimum atomic E-state index is -6.03. The maximum atomic E-state index is 14.7. The van der Waals surface area contributed by atoms with Crippen molar-refractivity contribution in [1.29, 1.82) is 0 Å². The topological polar surface area (TPSA) is 89.9 Å². The number of Topliss-reactive ketones (excluding diaryl/α,β-unsaturated/α-hetero) is 1. The fraction of sp³-hybridized carbons (Fsp3) is 0.343. The van der Waals surface area contributed by atoms with Crippen LogP contribution in [0.4, 0.5) is 26.3 Å². The molecule has 3 aromatic carbocycles. The summed E-state index contributed by atoms with van der Waals surface area (Å²) in [5.41, 5.74) is -7.63. The second kappa shape index (κ2) is 14.1. The molecule has 0 saturated heterocycles. The lowest BCUT2D eigenvalue weighted by Crippen LogP contribution is -2.53. The van der Waals surface area contributed by atoms with Crippen molar-refractivity contribution in [2.45, 2.75) is 70.8 Å². The van der Waals surface area contributed by atoms with Crippen molar-refractivity contribution in [2.24, 2.45) is 5.92 Å². The Morgan fingerprint density at radius 1 is 0.583 bits per heavy atom. The van der Waals surface area contributed by atoms with E-state index in [9.17, 15) is 45.8 Å². The smallest absolute Gasteiger partial charge is 0.454 e. The van der Waals surface area contributed by atoms with Crippen molar-refractivity contribution in [3.63, 3.8) is 0 Å². The van der Waals surface area contributed by atoms with E-state index in [4.69, 9.17) is 9.47 Å². The van der Waals surface area contributed by atoms with Gasteiger partial charge in [-0.3, -0.25) is 9.59 Å². The summed E-state index contributed by atoms with van der Waals surface area (Å²) in [6, 6.07) is 23.3. The number of hydrogen-bond acceptors (Lipinski definition) is 6. The monoisotopic (exact) mass is 697 g/mol. The Kier molecular flexibility index (Phi) is 11.3. The molecule has 0 bridgehead atoms. The molecule has 0 saturated carbocycles. The maximum Gasteiger partial charge on any atom is 0.454 e. The van der Waals surface area contributed by atoms with Gasteiger partial charge in [0.25, 0.3) is 5.78 Å². The van der Waals surface area contributed by atoms with Crippen LogP contribution in [0.25, 0.3) is 0 Å². The quantitative estimate of drug-likeness (QED) is 0.0840. The molecule has 0 fully saturated rings. The van der Waals surface area contributed by atoms with Gasteiger partial charge in [0.1, 0.15) is 40.3 Å². The summed E-state index contributed by atoms with van der Waals surface area (Å²) in [5.74, 6) is -12.3. The lowest BCUT2D eigenvalue weighted by molar-refractivity contribution is -0.173. The Hall–Kier alpha value is -4.18. The Labute approximate surface area is 275 Å². The molecule has 0 spiro atoms. The van der Waals surface area contributed by atoms with Gasteiger partial charge in [-0.15, -0.1) is 0 Å². The summed E-state index contributed by atoms with van der Waals surface area (Å²) in [4.78, 5) is 42.1. The Balaban J connectivity index is 2.77. The van der Waals surface area contributed by atoms with Gasteiger partial charge in [-0.25, -0.2) is 4.79 Å². The van der Waals surface area contributed by atoms with E-state index >= 15 is 0 Å². The predicted molar refractivity (Wildman–Crippen MR) is 171 cm³/mol. The first-order valence-corrected chi connectivity index (χ1v) is 16.5. The molecular formula is C35H36F6O6P+. The van der Waals surface area contributed by atoms with E-state index in [-0.39, 0.29) is 15.9 Å². The van der Waals surface area contributed by atoms with Crippen molar-refractivity contribution < 1.29 is 55.3 Å². The van der Waals surface area contributed by atoms with Gasteiger partial charge >= 0.3 is 24.3 Å². The van der Waals surface area contributed by atoms with E-state index in [1.54, 1.807) is 54.6 Å². The molecule has 0 aliphatic rings. The first kappa shape index (κ1) is 38.3. The van der Waals surface area contributed by atoms with E-state index < -0.39 is 71.4 Å². The zero-order valence-corrected chi connectivity index (χ0v) is 27.9. The molecule has 2 atom stereocenters. The highest BCUT2D eigenvalue weighted by Crippen LogP contribution is 2.64. The summed E-state index contributed by atoms with van der Waals surface area (Å²) < 4.78 is 97.0. The zero-order valence-electron chi connectivity index (χ0n) is 27.0. The fourth-order valence-corrected chi connectivity index (χ4v) is 10.1. The number of esters is 2. The number of carbonyl (C=O) groups excluding carboxylic acids is 3. The molecule has 6 nitrogen and oxygen atoms in total. The third kappa shape index (κ3) is 8.64. The molecule has 0 aliphatic carbocycles. The number of carbonyl (C=O) groups is 3. The molecule has 0 aromatic heterocycles. The molecule has 13 heteroatoms. The zero-order chi connectivity index (χ0) is 36.3. The second-order valence-electron chi connectivity index (χ2n) is 12.8. The first-order valence-electron chi connectivity index (χ1n) is 14.6. The largest absolute Gasteiger partial charge is 0.504 e. The van der Waals surface area contributed by atoms with Crippen molar-refractivity contribution in [3.05, 3.63) is 102 Å². The fourth-order valence-electron chi connectivity index (χ4n) is 5.27. The number of ketones is 1. The Bertz CT molecular complexity index is 1530. The summed E-state index contributed by atoms with van der Waals surface area (Å²) in [6.45, 7) is 8.17. The van der Waals surface area contributed by atoms with Crippen LogP contribution in [0.2, 0.25) is 0 Å². The van der Waals surface area contributed by atoms with Crippen LogP contribution in [0, 0.1) is 5.92 Å². The molecule has 0 aliphatic heterocycles. The number of alkyl halides is 6. The van der Waals surface area contributed by atoms with E-state index in [2.05, 4.69) is 0 Å². The van der Waals surface area contributed by atoms with Gasteiger partial charge in [-0.05, 0) is 77.9 Å². The number of hydrogen-bond donors (Lipinski definition) is 1. The van der Waals surface area contributed by atoms with Crippen LogP contribution < -0.4 is 15.9 Å². The number of aliphatic hydroxyl groups excluding tert-OH is 1. The van der Waals surface area contributed by atoms with Crippen LogP contribution in [0.1, 0.15) is 41.5 Å². The highest BCUT2D eigenvalue weighted by atomic mass is 31.2. The third-order valence-corrected chi connectivity index (χ3v) is 11.6. The Morgan fingerprint density at radius 3 is 1.21 bits per heavy atom. The second-order valence-corrected chi connectivity index (χ2v) is 16.4. The van der Waals surface area contributed by atoms with Crippen LogP contribution in [-0.4, -0.2) is 52.0 Å². The van der Waals surface area contributed by atoms with E-state index in [0.29, 0.717) is 0 Å². The maximum absolute atomic E-state index is 14.7. The van der Waals surface area contributed by atoms with Crippen LogP contribution in [-0.2, 0) is 23.9 Å². The first-order chi connectivity index (χ1) is 22.0. The number of rotatable bonds is 9. The van der Waals surface area contributed by atoms with Crippen LogP contribution in [0.5, 0.6) is 0 Å². The lowest BCUT2D eigenvalue weighted by Gasteiger charge is -2.39. The summed E-state index contributed by atoms with van der Waals surface area (Å²) in [7, 11) is -4.03. The van der Waals surface area contributed by atoms with Crippen molar-refractivity contribution in [3.8, 4) is 0 Å². The molecule has 3 aromatic rings. The van der Waals surface area contributed by atoms with E-state index in [1.165, 1.54) is 77.9 Å². The van der Waals surface area contributed by atoms with Crippen molar-refractivity contribution in [1.82, 2.24) is 0 Å². The van der Waals surface area contributed by atoms with Crippen molar-refractivity contribution in [2.75, 3.05) is 0 Å². The van der Waals surface area contributed by atoms with Gasteiger partial charge in [0, 0.05) is 0 Å². The van der Waals surface area contributed by atoms with Gasteiger partial charge in [-0.2, -0.15) is 26.3 Å². The standard InChI is InChI=1S/C35H35F6O6P/c1-32(2,3)46-30(44)25(26(28(42)34(36,37)38)29(43)35(39,40)41)27(31(45)47-33(4,5)6)48(22-16-10-7-11-17-22,23-18-12-8-13-19-23)24-20-14-9-15-21-24/h7-21,25,27H,1-6H3/p+1. The number of aliphatic hydroxyl groups is 1. The molecule has 1 N–H and O–H groups in total. The lowest BCUT2D eigenvalue weighted by atomic mass is 9.89. The van der Waals surface area contributed by atoms with Gasteiger partial charge in [-0.1, -0.05) is 54.6 Å². The van der Waals surface area contributed by atoms with Gasteiger partial charge < -0.3 is 14.6 Å². The van der Waals surface area contributed by atoms with Gasteiger partial charge in [0.05, 0.1) is 5.57 Å².